The van der Waals surface area contributed by atoms with E-state index in [1.165, 1.54) is 0 Å². The van der Waals surface area contributed by atoms with Gasteiger partial charge in [0.2, 0.25) is 0 Å². The highest BCUT2D eigenvalue weighted by Gasteiger charge is 2.21. The monoisotopic (exact) mass is 244 g/mol. The Balaban J connectivity index is 2.83. The number of aliphatic hydroxyl groups excluding tert-OH is 1. The van der Waals surface area contributed by atoms with E-state index in [2.05, 4.69) is 18.9 Å². The number of nitrogens with zero attached hydrogens (tertiary/aromatic N) is 2. The van der Waals surface area contributed by atoms with Crippen LogP contribution in [0.15, 0.2) is 0 Å². The molecule has 0 aromatic carbocycles. The highest BCUT2D eigenvalue weighted by atomic mass is 35.5. The average molecular weight is 245 g/mol. The second-order valence-corrected chi connectivity index (χ2v) is 4.71. The molecule has 3 nitrogen and oxygen atoms in total. The summed E-state index contributed by atoms with van der Waals surface area (Å²) in [5, 5.41) is 15.0. The van der Waals surface area contributed by atoms with Crippen molar-refractivity contribution in [1.82, 2.24) is 9.78 Å². The van der Waals surface area contributed by atoms with Crippen LogP contribution in [0.2, 0.25) is 5.15 Å². The van der Waals surface area contributed by atoms with E-state index in [1.54, 1.807) is 11.7 Å². The van der Waals surface area contributed by atoms with Crippen LogP contribution in [-0.2, 0) is 7.05 Å². The van der Waals surface area contributed by atoms with Crippen LogP contribution in [0.3, 0.4) is 0 Å². The van der Waals surface area contributed by atoms with Gasteiger partial charge in [-0.1, -0.05) is 38.3 Å². The smallest absolute Gasteiger partial charge is 0.132 e. The largest absolute Gasteiger partial charge is 0.388 e. The van der Waals surface area contributed by atoms with Crippen molar-refractivity contribution in [2.75, 3.05) is 0 Å². The van der Waals surface area contributed by atoms with Crippen molar-refractivity contribution in [3.8, 4) is 0 Å². The normalized spacial score (nSPS) is 13.4. The van der Waals surface area contributed by atoms with Crippen molar-refractivity contribution >= 4 is 11.6 Å². The Morgan fingerprint density at radius 2 is 1.94 bits per heavy atom. The van der Waals surface area contributed by atoms with Gasteiger partial charge in [0.15, 0.2) is 0 Å². The second kappa shape index (κ2) is 5.69. The first-order valence-electron chi connectivity index (χ1n) is 5.88. The highest BCUT2D eigenvalue weighted by molar-refractivity contribution is 6.30. The standard InChI is InChI=1S/C12H21ClN2O/c1-5-9(6-2)7-10(16)11-8(3)14-15(4)12(11)13/h9-10,16H,5-7H2,1-4H3. The summed E-state index contributed by atoms with van der Waals surface area (Å²) in [6.45, 7) is 6.19. The van der Waals surface area contributed by atoms with Crippen LogP contribution in [0.1, 0.15) is 50.5 Å². The van der Waals surface area contributed by atoms with E-state index in [0.29, 0.717) is 11.1 Å². The molecule has 1 unspecified atom stereocenters. The molecule has 16 heavy (non-hydrogen) atoms. The fourth-order valence-electron chi connectivity index (χ4n) is 2.08. The zero-order valence-corrected chi connectivity index (χ0v) is 11.3. The van der Waals surface area contributed by atoms with Gasteiger partial charge >= 0.3 is 0 Å². The van der Waals surface area contributed by atoms with Crippen LogP contribution >= 0.6 is 11.6 Å². The van der Waals surface area contributed by atoms with Crippen molar-refractivity contribution in [3.05, 3.63) is 16.4 Å². The van der Waals surface area contributed by atoms with Crippen molar-refractivity contribution in [2.45, 2.75) is 46.1 Å². The third-order valence-electron chi connectivity index (χ3n) is 3.24. The summed E-state index contributed by atoms with van der Waals surface area (Å²) in [5.41, 5.74) is 1.61. The molecule has 0 spiro atoms. The molecule has 1 aromatic heterocycles. The molecule has 1 N–H and O–H groups in total. The molecule has 4 heteroatoms. The first-order valence-corrected chi connectivity index (χ1v) is 6.26. The lowest BCUT2D eigenvalue weighted by atomic mass is 9.93. The second-order valence-electron chi connectivity index (χ2n) is 4.35. The van der Waals surface area contributed by atoms with Crippen molar-refractivity contribution in [1.29, 1.82) is 0 Å². The minimum Gasteiger partial charge on any atom is -0.388 e. The maximum Gasteiger partial charge on any atom is 0.132 e. The van der Waals surface area contributed by atoms with E-state index in [4.69, 9.17) is 11.6 Å². The minimum atomic E-state index is -0.494. The molecule has 0 bridgehead atoms. The summed E-state index contributed by atoms with van der Waals surface area (Å²) in [6, 6.07) is 0. The Morgan fingerprint density at radius 1 is 1.38 bits per heavy atom. The molecule has 1 rings (SSSR count). The van der Waals surface area contributed by atoms with E-state index in [9.17, 15) is 5.11 Å². The lowest BCUT2D eigenvalue weighted by Gasteiger charge is -2.17. The summed E-state index contributed by atoms with van der Waals surface area (Å²) in [6.07, 6.45) is 2.44. The van der Waals surface area contributed by atoms with E-state index >= 15 is 0 Å². The molecule has 0 aliphatic heterocycles. The Hall–Kier alpha value is -0.540. The Labute approximate surface area is 102 Å². The average Bonchev–Trinajstić information content (AvgIpc) is 2.49. The van der Waals surface area contributed by atoms with Gasteiger partial charge in [-0.3, -0.25) is 4.68 Å². The van der Waals surface area contributed by atoms with Gasteiger partial charge in [-0.15, -0.1) is 0 Å². The number of rotatable bonds is 5. The third kappa shape index (κ3) is 2.77. The third-order valence-corrected chi connectivity index (χ3v) is 3.69. The number of aliphatic hydroxyl groups is 1. The molecule has 0 amide bonds. The van der Waals surface area contributed by atoms with E-state index in [0.717, 1.165) is 30.5 Å². The fourth-order valence-corrected chi connectivity index (χ4v) is 2.38. The van der Waals surface area contributed by atoms with Gasteiger partial charge < -0.3 is 5.11 Å². The highest BCUT2D eigenvalue weighted by Crippen LogP contribution is 2.31. The van der Waals surface area contributed by atoms with Gasteiger partial charge in [0.25, 0.3) is 0 Å². The topological polar surface area (TPSA) is 38.1 Å². The molecule has 0 saturated carbocycles. The molecule has 1 atom stereocenters. The predicted molar refractivity (Wildman–Crippen MR) is 66.6 cm³/mol. The SMILES string of the molecule is CCC(CC)CC(O)c1c(C)nn(C)c1Cl. The number of hydrogen-bond donors (Lipinski definition) is 1. The maximum atomic E-state index is 10.2. The number of aryl methyl sites for hydroxylation is 2. The molecule has 92 valence electrons. The molecular weight excluding hydrogens is 224 g/mol. The van der Waals surface area contributed by atoms with Crippen LogP contribution in [0.25, 0.3) is 0 Å². The summed E-state index contributed by atoms with van der Waals surface area (Å²) in [4.78, 5) is 0. The summed E-state index contributed by atoms with van der Waals surface area (Å²) in [7, 11) is 1.79. The first kappa shape index (κ1) is 13.5. The van der Waals surface area contributed by atoms with E-state index in [1.807, 2.05) is 6.92 Å². The molecule has 0 fully saturated rings. The van der Waals surface area contributed by atoms with Gasteiger partial charge in [-0.25, -0.2) is 0 Å². The molecule has 0 saturated heterocycles. The Morgan fingerprint density at radius 3 is 2.31 bits per heavy atom. The zero-order chi connectivity index (χ0) is 12.3. The van der Waals surface area contributed by atoms with Gasteiger partial charge in [-0.05, 0) is 19.3 Å². The molecule has 0 radical (unpaired) electrons. The van der Waals surface area contributed by atoms with Crippen molar-refractivity contribution < 1.29 is 5.11 Å². The molecule has 1 heterocycles. The van der Waals surface area contributed by atoms with E-state index in [-0.39, 0.29) is 0 Å². The lowest BCUT2D eigenvalue weighted by molar-refractivity contribution is 0.140. The summed E-state index contributed by atoms with van der Waals surface area (Å²) < 4.78 is 1.61. The van der Waals surface area contributed by atoms with Crippen LogP contribution in [-0.4, -0.2) is 14.9 Å². The number of aromatic nitrogens is 2. The van der Waals surface area contributed by atoms with Crippen LogP contribution in [0, 0.1) is 12.8 Å². The number of halogens is 1. The fraction of sp³-hybridized carbons (Fsp3) is 0.750. The Bertz CT molecular complexity index is 345. The van der Waals surface area contributed by atoms with E-state index < -0.39 is 6.10 Å². The van der Waals surface area contributed by atoms with Crippen LogP contribution < -0.4 is 0 Å². The lowest BCUT2D eigenvalue weighted by Crippen LogP contribution is -2.07. The minimum absolute atomic E-state index is 0.494. The van der Waals surface area contributed by atoms with Crippen LogP contribution in [0.4, 0.5) is 0 Å². The van der Waals surface area contributed by atoms with Gasteiger partial charge in [-0.2, -0.15) is 5.10 Å². The van der Waals surface area contributed by atoms with Gasteiger partial charge in [0, 0.05) is 12.6 Å². The summed E-state index contributed by atoms with van der Waals surface area (Å²) in [5.74, 6) is 0.547. The molecule has 0 aliphatic carbocycles. The Kier molecular flexibility index (Phi) is 4.81. The quantitative estimate of drug-likeness (QED) is 0.864. The molecule has 0 aliphatic rings. The zero-order valence-electron chi connectivity index (χ0n) is 10.5. The predicted octanol–water partition coefficient (Wildman–Crippen LogP) is 3.24. The van der Waals surface area contributed by atoms with Crippen molar-refractivity contribution in [2.24, 2.45) is 13.0 Å². The van der Waals surface area contributed by atoms with Crippen LogP contribution in [0.5, 0.6) is 0 Å². The summed E-state index contributed by atoms with van der Waals surface area (Å²) >= 11 is 6.12. The molecule has 1 aromatic rings. The molecular formula is C12H21ClN2O. The first-order chi connectivity index (χ1) is 7.51. The number of hydrogen-bond acceptors (Lipinski definition) is 2. The van der Waals surface area contributed by atoms with Crippen molar-refractivity contribution in [3.63, 3.8) is 0 Å². The maximum absolute atomic E-state index is 10.2. The van der Waals surface area contributed by atoms with Gasteiger partial charge in [0.05, 0.1) is 11.8 Å². The van der Waals surface area contributed by atoms with Gasteiger partial charge in [0.1, 0.15) is 5.15 Å².